The molecule has 15 heavy (non-hydrogen) atoms. The van der Waals surface area contributed by atoms with E-state index in [1.54, 1.807) is 0 Å². The highest BCUT2D eigenvalue weighted by Crippen LogP contribution is 2.12. The predicted molar refractivity (Wildman–Crippen MR) is 58.6 cm³/mol. The molecule has 0 amide bonds. The van der Waals surface area contributed by atoms with Gasteiger partial charge < -0.3 is 15.2 Å². The van der Waals surface area contributed by atoms with Crippen molar-refractivity contribution in [2.24, 2.45) is 5.73 Å². The first kappa shape index (κ1) is 10.6. The summed E-state index contributed by atoms with van der Waals surface area (Å²) in [6, 6.07) is 8.44. The third kappa shape index (κ3) is 3.02. The van der Waals surface area contributed by atoms with E-state index in [0.29, 0.717) is 13.2 Å². The molecule has 0 aromatic heterocycles. The molecular formula is C12H17NO2. The number of hydrogen-bond acceptors (Lipinski definition) is 3. The molecule has 1 saturated heterocycles. The minimum absolute atomic E-state index is 0.0271. The molecule has 0 aliphatic carbocycles. The lowest BCUT2D eigenvalue weighted by Gasteiger charge is -2.27. The molecule has 1 fully saturated rings. The van der Waals surface area contributed by atoms with E-state index in [9.17, 15) is 0 Å². The van der Waals surface area contributed by atoms with Crippen LogP contribution < -0.4 is 5.73 Å². The van der Waals surface area contributed by atoms with Crippen molar-refractivity contribution < 1.29 is 9.47 Å². The van der Waals surface area contributed by atoms with Crippen LogP contribution in [0.4, 0.5) is 0 Å². The van der Waals surface area contributed by atoms with Gasteiger partial charge >= 0.3 is 0 Å². The summed E-state index contributed by atoms with van der Waals surface area (Å²) in [6.45, 7) is 3.27. The molecule has 3 nitrogen and oxygen atoms in total. The SMILES string of the molecule is Cc1ccc(CC2OCC(N)CO2)cc1. The summed E-state index contributed by atoms with van der Waals surface area (Å²) in [5.74, 6) is 0. The Bertz CT molecular complexity index is 302. The monoisotopic (exact) mass is 207 g/mol. The number of hydrogen-bond donors (Lipinski definition) is 1. The van der Waals surface area contributed by atoms with Gasteiger partial charge in [0.2, 0.25) is 0 Å². The van der Waals surface area contributed by atoms with Crippen molar-refractivity contribution in [2.75, 3.05) is 13.2 Å². The van der Waals surface area contributed by atoms with Gasteiger partial charge in [-0.15, -0.1) is 0 Å². The summed E-state index contributed by atoms with van der Waals surface area (Å²) < 4.78 is 11.0. The van der Waals surface area contributed by atoms with Crippen molar-refractivity contribution in [2.45, 2.75) is 25.7 Å². The highest BCUT2D eigenvalue weighted by molar-refractivity contribution is 5.21. The van der Waals surface area contributed by atoms with E-state index in [1.807, 2.05) is 0 Å². The lowest BCUT2D eigenvalue weighted by atomic mass is 10.1. The maximum Gasteiger partial charge on any atom is 0.161 e. The molecule has 0 radical (unpaired) electrons. The largest absolute Gasteiger partial charge is 0.351 e. The molecule has 0 spiro atoms. The van der Waals surface area contributed by atoms with Gasteiger partial charge in [-0.1, -0.05) is 29.8 Å². The van der Waals surface area contributed by atoms with Crippen LogP contribution in [0.1, 0.15) is 11.1 Å². The first-order valence-corrected chi connectivity index (χ1v) is 5.28. The van der Waals surface area contributed by atoms with Gasteiger partial charge in [-0.2, -0.15) is 0 Å². The molecule has 1 aromatic rings. The van der Waals surface area contributed by atoms with Gasteiger partial charge in [0.15, 0.2) is 6.29 Å². The highest BCUT2D eigenvalue weighted by Gasteiger charge is 2.19. The summed E-state index contributed by atoms with van der Waals surface area (Å²) in [4.78, 5) is 0. The van der Waals surface area contributed by atoms with E-state index in [0.717, 1.165) is 6.42 Å². The number of ether oxygens (including phenoxy) is 2. The first-order chi connectivity index (χ1) is 7.24. The van der Waals surface area contributed by atoms with Crippen LogP contribution in [0.5, 0.6) is 0 Å². The van der Waals surface area contributed by atoms with Gasteiger partial charge in [0.05, 0.1) is 19.3 Å². The fourth-order valence-electron chi connectivity index (χ4n) is 1.59. The molecule has 1 aliphatic heterocycles. The molecule has 3 heteroatoms. The van der Waals surface area contributed by atoms with Crippen molar-refractivity contribution in [3.63, 3.8) is 0 Å². The molecule has 1 aliphatic rings. The molecule has 0 bridgehead atoms. The van der Waals surface area contributed by atoms with E-state index < -0.39 is 0 Å². The van der Waals surface area contributed by atoms with Gasteiger partial charge in [-0.3, -0.25) is 0 Å². The molecule has 0 saturated carbocycles. The molecule has 0 unspecified atom stereocenters. The third-order valence-electron chi connectivity index (χ3n) is 2.52. The highest BCUT2D eigenvalue weighted by atomic mass is 16.7. The second-order valence-corrected chi connectivity index (χ2v) is 4.05. The average molecular weight is 207 g/mol. The quantitative estimate of drug-likeness (QED) is 0.793. The third-order valence-corrected chi connectivity index (χ3v) is 2.52. The van der Waals surface area contributed by atoms with Gasteiger partial charge in [0.25, 0.3) is 0 Å². The molecule has 1 aromatic carbocycles. The van der Waals surface area contributed by atoms with E-state index >= 15 is 0 Å². The summed E-state index contributed by atoms with van der Waals surface area (Å²) in [5.41, 5.74) is 8.17. The lowest BCUT2D eigenvalue weighted by Crippen LogP contribution is -2.41. The van der Waals surface area contributed by atoms with E-state index in [2.05, 4.69) is 31.2 Å². The lowest BCUT2D eigenvalue weighted by molar-refractivity contribution is -0.183. The summed E-state index contributed by atoms with van der Waals surface area (Å²) >= 11 is 0. The van der Waals surface area contributed by atoms with Crippen LogP contribution in [0.25, 0.3) is 0 Å². The first-order valence-electron chi connectivity index (χ1n) is 5.28. The van der Waals surface area contributed by atoms with Gasteiger partial charge in [-0.05, 0) is 12.5 Å². The molecule has 1 heterocycles. The van der Waals surface area contributed by atoms with E-state index in [-0.39, 0.29) is 12.3 Å². The normalized spacial score (nSPS) is 26.5. The maximum absolute atomic E-state index is 5.66. The topological polar surface area (TPSA) is 44.5 Å². The standard InChI is InChI=1S/C12H17NO2/c1-9-2-4-10(5-3-9)6-12-14-7-11(13)8-15-12/h2-5,11-12H,6-8,13H2,1H3. The minimum Gasteiger partial charge on any atom is -0.351 e. The second-order valence-electron chi connectivity index (χ2n) is 4.05. The van der Waals surface area contributed by atoms with Crippen LogP contribution in [0.3, 0.4) is 0 Å². The molecule has 2 N–H and O–H groups in total. The Balaban J connectivity index is 1.89. The molecule has 2 rings (SSSR count). The van der Waals surface area contributed by atoms with E-state index in [4.69, 9.17) is 15.2 Å². The van der Waals surface area contributed by atoms with Crippen LogP contribution in [-0.4, -0.2) is 25.5 Å². The van der Waals surface area contributed by atoms with Gasteiger partial charge in [0.1, 0.15) is 0 Å². The van der Waals surface area contributed by atoms with Crippen molar-refractivity contribution in [1.29, 1.82) is 0 Å². The number of nitrogens with two attached hydrogens (primary N) is 1. The van der Waals surface area contributed by atoms with Crippen molar-refractivity contribution >= 4 is 0 Å². The number of aryl methyl sites for hydroxylation is 1. The van der Waals surface area contributed by atoms with Gasteiger partial charge in [0, 0.05) is 6.42 Å². The predicted octanol–water partition coefficient (Wildman–Crippen LogP) is 1.24. The van der Waals surface area contributed by atoms with Crippen molar-refractivity contribution in [3.8, 4) is 0 Å². The van der Waals surface area contributed by atoms with Crippen LogP contribution in [0, 0.1) is 6.92 Å². The average Bonchev–Trinajstić information content (AvgIpc) is 2.25. The zero-order valence-corrected chi connectivity index (χ0v) is 8.98. The van der Waals surface area contributed by atoms with Crippen molar-refractivity contribution in [1.82, 2.24) is 0 Å². The maximum atomic E-state index is 5.66. The Labute approximate surface area is 90.2 Å². The summed E-state index contributed by atoms with van der Waals surface area (Å²) in [7, 11) is 0. The van der Waals surface area contributed by atoms with Crippen LogP contribution in [0.15, 0.2) is 24.3 Å². The van der Waals surface area contributed by atoms with E-state index in [1.165, 1.54) is 11.1 Å². The summed E-state index contributed by atoms with van der Waals surface area (Å²) in [5, 5.41) is 0. The smallest absolute Gasteiger partial charge is 0.161 e. The second kappa shape index (κ2) is 4.75. The zero-order chi connectivity index (χ0) is 10.7. The number of benzene rings is 1. The minimum atomic E-state index is -0.132. The fraction of sp³-hybridized carbons (Fsp3) is 0.500. The van der Waals surface area contributed by atoms with Crippen LogP contribution >= 0.6 is 0 Å². The Morgan fingerprint density at radius 3 is 2.40 bits per heavy atom. The van der Waals surface area contributed by atoms with Crippen LogP contribution in [-0.2, 0) is 15.9 Å². The molecular weight excluding hydrogens is 190 g/mol. The summed E-state index contributed by atoms with van der Waals surface area (Å²) in [6.07, 6.45) is 0.667. The number of rotatable bonds is 2. The molecule has 0 atom stereocenters. The zero-order valence-electron chi connectivity index (χ0n) is 8.98. The Morgan fingerprint density at radius 1 is 1.20 bits per heavy atom. The Morgan fingerprint density at radius 2 is 1.80 bits per heavy atom. The fourth-order valence-corrected chi connectivity index (χ4v) is 1.59. The molecule has 82 valence electrons. The van der Waals surface area contributed by atoms with Gasteiger partial charge in [-0.25, -0.2) is 0 Å². The Hall–Kier alpha value is -0.900. The Kier molecular flexibility index (Phi) is 3.36. The van der Waals surface area contributed by atoms with Crippen LogP contribution in [0.2, 0.25) is 0 Å². The van der Waals surface area contributed by atoms with Crippen molar-refractivity contribution in [3.05, 3.63) is 35.4 Å².